The number of carbonyl (C=O) groups is 1. The number of nitrogens with zero attached hydrogens (tertiary/aromatic N) is 2. The minimum absolute atomic E-state index is 0.0396. The molecule has 5 nitrogen and oxygen atoms in total. The van der Waals surface area contributed by atoms with Gasteiger partial charge in [-0.15, -0.1) is 0 Å². The highest BCUT2D eigenvalue weighted by Crippen LogP contribution is 2.41. The number of ketones is 1. The average molecular weight is 344 g/mol. The molecule has 2 aromatic carbocycles. The molecule has 0 aliphatic carbocycles. The van der Waals surface area contributed by atoms with Gasteiger partial charge in [0.25, 0.3) is 0 Å². The van der Waals surface area contributed by atoms with Crippen molar-refractivity contribution in [3.05, 3.63) is 72.4 Å². The second-order valence-electron chi connectivity index (χ2n) is 6.43. The SMILES string of the molecule is COc1cc(C(=O)CC2c3ccccc3-c3cncn32)cc2ccoc12. The molecule has 1 aliphatic rings. The number of methoxy groups -OCH3 is 1. The number of furan rings is 1. The maximum atomic E-state index is 13.1. The number of imidazole rings is 1. The molecule has 0 fully saturated rings. The Balaban J connectivity index is 1.53. The molecule has 0 N–H and O–H groups in total. The standard InChI is InChI=1S/C21H16N2O3/c1-25-20-9-14(8-13-6-7-26-21(13)20)19(24)10-17-15-4-2-3-5-16(15)18-11-22-12-23(17)18/h2-9,11-12,17H,10H2,1H3. The number of rotatable bonds is 4. The Morgan fingerprint density at radius 2 is 2.15 bits per heavy atom. The monoisotopic (exact) mass is 344 g/mol. The number of Topliss-reactive ketones (excluding diaryl/α,β-unsaturated/α-hetero) is 1. The highest BCUT2D eigenvalue weighted by Gasteiger charge is 2.30. The van der Waals surface area contributed by atoms with E-state index in [-0.39, 0.29) is 11.8 Å². The van der Waals surface area contributed by atoms with Crippen molar-refractivity contribution in [1.29, 1.82) is 0 Å². The summed E-state index contributed by atoms with van der Waals surface area (Å²) in [5.41, 5.74) is 4.65. The number of ether oxygens (including phenoxy) is 1. The highest BCUT2D eigenvalue weighted by atomic mass is 16.5. The molecule has 4 aromatic rings. The van der Waals surface area contributed by atoms with Crippen LogP contribution in [0.15, 0.2) is 65.7 Å². The number of benzene rings is 2. The van der Waals surface area contributed by atoms with Crippen LogP contribution in [-0.2, 0) is 0 Å². The molecule has 0 bridgehead atoms. The molecule has 1 atom stereocenters. The molecule has 0 saturated carbocycles. The fourth-order valence-electron chi connectivity index (χ4n) is 3.80. The molecular weight excluding hydrogens is 328 g/mol. The minimum Gasteiger partial charge on any atom is -0.493 e. The van der Waals surface area contributed by atoms with Crippen LogP contribution in [0.3, 0.4) is 0 Å². The van der Waals surface area contributed by atoms with E-state index < -0.39 is 0 Å². The van der Waals surface area contributed by atoms with Gasteiger partial charge in [0.05, 0.1) is 37.6 Å². The van der Waals surface area contributed by atoms with Crippen molar-refractivity contribution in [1.82, 2.24) is 9.55 Å². The highest BCUT2D eigenvalue weighted by molar-refractivity contribution is 6.01. The third-order valence-electron chi connectivity index (χ3n) is 5.04. The van der Waals surface area contributed by atoms with Crippen LogP contribution in [-0.4, -0.2) is 22.4 Å². The summed E-state index contributed by atoms with van der Waals surface area (Å²) >= 11 is 0. The van der Waals surface area contributed by atoms with Gasteiger partial charge in [-0.2, -0.15) is 0 Å². The lowest BCUT2D eigenvalue weighted by atomic mass is 9.96. The number of fused-ring (bicyclic) bond motifs is 4. The second kappa shape index (κ2) is 5.59. The Labute approximate surface area is 149 Å². The van der Waals surface area contributed by atoms with E-state index in [9.17, 15) is 4.79 Å². The van der Waals surface area contributed by atoms with Crippen molar-refractivity contribution < 1.29 is 13.9 Å². The lowest BCUT2D eigenvalue weighted by molar-refractivity contribution is 0.0970. The van der Waals surface area contributed by atoms with Crippen LogP contribution >= 0.6 is 0 Å². The smallest absolute Gasteiger partial charge is 0.175 e. The molecule has 5 rings (SSSR count). The van der Waals surface area contributed by atoms with E-state index in [0.29, 0.717) is 23.3 Å². The van der Waals surface area contributed by atoms with Gasteiger partial charge in [0.2, 0.25) is 0 Å². The van der Waals surface area contributed by atoms with Gasteiger partial charge in [0.1, 0.15) is 0 Å². The van der Waals surface area contributed by atoms with Crippen molar-refractivity contribution in [2.75, 3.05) is 7.11 Å². The second-order valence-corrected chi connectivity index (χ2v) is 6.43. The Hall–Kier alpha value is -3.34. The van der Waals surface area contributed by atoms with Gasteiger partial charge in [-0.3, -0.25) is 4.79 Å². The van der Waals surface area contributed by atoms with Gasteiger partial charge in [-0.05, 0) is 23.8 Å². The molecule has 0 amide bonds. The lowest BCUT2D eigenvalue weighted by Crippen LogP contribution is -2.12. The van der Waals surface area contributed by atoms with Gasteiger partial charge in [-0.25, -0.2) is 4.98 Å². The predicted octanol–water partition coefficient (Wildman–Crippen LogP) is 4.48. The zero-order valence-electron chi connectivity index (χ0n) is 14.2. The Morgan fingerprint density at radius 3 is 3.04 bits per heavy atom. The van der Waals surface area contributed by atoms with Gasteiger partial charge >= 0.3 is 0 Å². The first-order valence-electron chi connectivity index (χ1n) is 8.46. The van der Waals surface area contributed by atoms with Crippen LogP contribution in [0, 0.1) is 0 Å². The molecule has 0 saturated heterocycles. The van der Waals surface area contributed by atoms with E-state index in [2.05, 4.69) is 21.7 Å². The van der Waals surface area contributed by atoms with Gasteiger partial charge in [0.15, 0.2) is 17.1 Å². The van der Waals surface area contributed by atoms with Crippen molar-refractivity contribution in [3.63, 3.8) is 0 Å². The Morgan fingerprint density at radius 1 is 1.27 bits per heavy atom. The number of hydrogen-bond donors (Lipinski definition) is 0. The third kappa shape index (κ3) is 2.10. The third-order valence-corrected chi connectivity index (χ3v) is 5.04. The maximum absolute atomic E-state index is 13.1. The molecule has 0 radical (unpaired) electrons. The summed E-state index contributed by atoms with van der Waals surface area (Å²) < 4.78 is 12.9. The van der Waals surface area contributed by atoms with Crippen LogP contribution < -0.4 is 4.74 Å². The Bertz CT molecular complexity index is 1140. The average Bonchev–Trinajstić information content (AvgIpc) is 3.38. The van der Waals surface area contributed by atoms with E-state index in [4.69, 9.17) is 9.15 Å². The zero-order chi connectivity index (χ0) is 17.7. The van der Waals surface area contributed by atoms with E-state index in [0.717, 1.165) is 22.2 Å². The first-order chi connectivity index (χ1) is 12.8. The topological polar surface area (TPSA) is 57.3 Å². The summed E-state index contributed by atoms with van der Waals surface area (Å²) in [5, 5.41) is 0.864. The summed E-state index contributed by atoms with van der Waals surface area (Å²) in [7, 11) is 1.58. The quantitative estimate of drug-likeness (QED) is 0.512. The fraction of sp³-hybridized carbons (Fsp3) is 0.143. The molecule has 0 spiro atoms. The van der Waals surface area contributed by atoms with Gasteiger partial charge in [-0.1, -0.05) is 24.3 Å². The Kier molecular flexibility index (Phi) is 3.22. The van der Waals surface area contributed by atoms with Crippen LogP contribution in [0.5, 0.6) is 5.75 Å². The molecule has 1 unspecified atom stereocenters. The van der Waals surface area contributed by atoms with Crippen LogP contribution in [0.2, 0.25) is 0 Å². The summed E-state index contributed by atoms with van der Waals surface area (Å²) in [6, 6.07) is 13.6. The number of aromatic nitrogens is 2. The summed E-state index contributed by atoms with van der Waals surface area (Å²) in [5.74, 6) is 0.638. The fourth-order valence-corrected chi connectivity index (χ4v) is 3.80. The van der Waals surface area contributed by atoms with E-state index in [1.54, 1.807) is 25.8 Å². The van der Waals surface area contributed by atoms with Crippen LogP contribution in [0.1, 0.15) is 28.4 Å². The summed E-state index contributed by atoms with van der Waals surface area (Å²) in [6.45, 7) is 0. The number of carbonyl (C=O) groups excluding carboxylic acids is 1. The molecule has 1 aliphatic heterocycles. The molecule has 26 heavy (non-hydrogen) atoms. The van der Waals surface area contributed by atoms with Gasteiger partial charge < -0.3 is 13.7 Å². The zero-order valence-corrected chi connectivity index (χ0v) is 14.2. The molecular formula is C21H16N2O3. The lowest BCUT2D eigenvalue weighted by Gasteiger charge is -2.14. The van der Waals surface area contributed by atoms with E-state index in [1.807, 2.05) is 30.5 Å². The van der Waals surface area contributed by atoms with Gasteiger partial charge in [0, 0.05) is 22.9 Å². The summed E-state index contributed by atoms with van der Waals surface area (Å²) in [6.07, 6.45) is 5.62. The normalized spacial score (nSPS) is 15.0. The van der Waals surface area contributed by atoms with E-state index in [1.165, 1.54) is 0 Å². The predicted molar refractivity (Wildman–Crippen MR) is 97.5 cm³/mol. The first-order valence-corrected chi connectivity index (χ1v) is 8.46. The first kappa shape index (κ1) is 15.0. The summed E-state index contributed by atoms with van der Waals surface area (Å²) in [4.78, 5) is 17.3. The van der Waals surface area contributed by atoms with Crippen molar-refractivity contribution >= 4 is 16.8 Å². The molecule has 2 aromatic heterocycles. The number of hydrogen-bond acceptors (Lipinski definition) is 4. The minimum atomic E-state index is -0.0396. The van der Waals surface area contributed by atoms with Crippen molar-refractivity contribution in [3.8, 4) is 17.0 Å². The largest absolute Gasteiger partial charge is 0.493 e. The van der Waals surface area contributed by atoms with Crippen molar-refractivity contribution in [2.45, 2.75) is 12.5 Å². The molecule has 3 heterocycles. The van der Waals surface area contributed by atoms with E-state index >= 15 is 0 Å². The van der Waals surface area contributed by atoms with Crippen LogP contribution in [0.4, 0.5) is 0 Å². The van der Waals surface area contributed by atoms with Crippen LogP contribution in [0.25, 0.3) is 22.2 Å². The molecule has 128 valence electrons. The molecule has 5 heteroatoms. The van der Waals surface area contributed by atoms with Crippen molar-refractivity contribution in [2.24, 2.45) is 0 Å². The maximum Gasteiger partial charge on any atom is 0.175 e.